The van der Waals surface area contributed by atoms with Gasteiger partial charge in [0.1, 0.15) is 0 Å². The number of halogens is 3. The Kier molecular flexibility index (Phi) is 3.34. The van der Waals surface area contributed by atoms with E-state index < -0.39 is 44.3 Å². The van der Waals surface area contributed by atoms with Crippen molar-refractivity contribution in [3.63, 3.8) is 0 Å². The number of nitrogens with zero attached hydrogens (tertiary/aromatic N) is 1. The first-order valence-corrected chi connectivity index (χ1v) is 5.78. The van der Waals surface area contributed by atoms with Gasteiger partial charge in [-0.25, -0.2) is 13.2 Å². The third-order valence-electron chi connectivity index (χ3n) is 1.83. The van der Waals surface area contributed by atoms with Gasteiger partial charge in [-0.3, -0.25) is 4.79 Å². The van der Waals surface area contributed by atoms with E-state index in [0.717, 1.165) is 0 Å². The normalized spacial score (nSPS) is 24.6. The number of amides is 1. The van der Waals surface area contributed by atoms with Crippen molar-refractivity contribution in [2.24, 2.45) is 5.73 Å². The van der Waals surface area contributed by atoms with Gasteiger partial charge in [0.2, 0.25) is 0 Å². The molecule has 0 aromatic heterocycles. The molecule has 0 aromatic rings. The molecule has 1 atom stereocenters. The Balaban J connectivity index is 2.94. The molecule has 1 unspecified atom stereocenters. The maximum Gasteiger partial charge on any atom is 0.493 e. The number of rotatable bonds is 1. The molecule has 98 valence electrons. The van der Waals surface area contributed by atoms with Crippen molar-refractivity contribution < 1.29 is 36.0 Å². The molecule has 0 saturated carbocycles. The van der Waals surface area contributed by atoms with Crippen molar-refractivity contribution in [1.82, 2.24) is 4.47 Å². The second-order valence-corrected chi connectivity index (χ2v) is 5.06. The summed E-state index contributed by atoms with van der Waals surface area (Å²) in [5.74, 6) is -4.89. The first kappa shape index (κ1) is 13.7. The first-order chi connectivity index (χ1) is 7.55. The van der Waals surface area contributed by atoms with Crippen molar-refractivity contribution in [3.05, 3.63) is 0 Å². The number of sulfonamides is 1. The van der Waals surface area contributed by atoms with Gasteiger partial charge >= 0.3 is 12.1 Å². The van der Waals surface area contributed by atoms with Crippen LogP contribution >= 0.6 is 0 Å². The predicted octanol–water partition coefficient (Wildman–Crippen LogP) is -1.10. The highest BCUT2D eigenvalue weighted by atomic mass is 32.2. The monoisotopic (exact) mass is 276 g/mol. The van der Waals surface area contributed by atoms with Crippen LogP contribution in [-0.2, 0) is 24.4 Å². The van der Waals surface area contributed by atoms with Crippen molar-refractivity contribution >= 4 is 21.9 Å². The molecule has 0 bridgehead atoms. The van der Waals surface area contributed by atoms with Crippen molar-refractivity contribution in [2.45, 2.75) is 18.6 Å². The quantitative estimate of drug-likeness (QED) is 0.651. The van der Waals surface area contributed by atoms with Crippen LogP contribution in [0.15, 0.2) is 0 Å². The number of carbonyl (C=O) groups is 2. The fraction of sp³-hybridized carbons (Fsp3) is 0.667. The topological polar surface area (TPSA) is 107 Å². The maximum atomic E-state index is 11.8. The van der Waals surface area contributed by atoms with E-state index >= 15 is 0 Å². The van der Waals surface area contributed by atoms with Gasteiger partial charge in [0, 0.05) is 0 Å². The fourth-order valence-corrected chi connectivity index (χ4v) is 2.29. The highest BCUT2D eigenvalue weighted by molar-refractivity contribution is 7.89. The predicted molar refractivity (Wildman–Crippen MR) is 45.4 cm³/mol. The van der Waals surface area contributed by atoms with Gasteiger partial charge in [0.15, 0.2) is 0 Å². The average molecular weight is 276 g/mol. The molecule has 0 aromatic carbocycles. The minimum atomic E-state index is -5.41. The lowest BCUT2D eigenvalue weighted by Gasteiger charge is -2.27. The number of alkyl halides is 3. The highest BCUT2D eigenvalue weighted by Crippen LogP contribution is 2.21. The van der Waals surface area contributed by atoms with E-state index in [1.807, 2.05) is 0 Å². The molecule has 1 aliphatic heterocycles. The van der Waals surface area contributed by atoms with Gasteiger partial charge in [0.25, 0.3) is 15.9 Å². The molecular weight excluding hydrogens is 269 g/mol. The van der Waals surface area contributed by atoms with E-state index in [2.05, 4.69) is 4.84 Å². The molecule has 17 heavy (non-hydrogen) atoms. The third-order valence-corrected chi connectivity index (χ3v) is 3.35. The van der Waals surface area contributed by atoms with Gasteiger partial charge in [-0.1, -0.05) is 4.47 Å². The highest BCUT2D eigenvalue weighted by Gasteiger charge is 2.47. The Morgan fingerprint density at radius 1 is 1.47 bits per heavy atom. The van der Waals surface area contributed by atoms with E-state index in [9.17, 15) is 31.2 Å². The van der Waals surface area contributed by atoms with Crippen molar-refractivity contribution in [2.75, 3.05) is 5.75 Å². The van der Waals surface area contributed by atoms with Crippen LogP contribution in [-0.4, -0.2) is 42.7 Å². The third kappa shape index (κ3) is 2.85. The minimum absolute atomic E-state index is 0.249. The van der Waals surface area contributed by atoms with Crippen LogP contribution in [0, 0.1) is 0 Å². The van der Waals surface area contributed by atoms with Crippen LogP contribution in [0.4, 0.5) is 13.2 Å². The zero-order valence-electron chi connectivity index (χ0n) is 8.10. The number of hydrogen-bond donors (Lipinski definition) is 1. The molecule has 7 nitrogen and oxygen atoms in total. The summed E-state index contributed by atoms with van der Waals surface area (Å²) >= 11 is 0. The van der Waals surface area contributed by atoms with Gasteiger partial charge in [0.05, 0.1) is 11.8 Å². The standard InChI is InChI=1S/C6H7F3N2O5S/c7-6(8,9)5(13)16-11-4(12)3(10)1-2-17(11,14)15/h3H,1-2,10H2. The summed E-state index contributed by atoms with van der Waals surface area (Å²) in [6.45, 7) is 0. The molecular formula is C6H7F3N2O5S. The molecule has 1 fully saturated rings. The van der Waals surface area contributed by atoms with E-state index in [-0.39, 0.29) is 6.42 Å². The summed E-state index contributed by atoms with van der Waals surface area (Å²) in [6.07, 6.45) is -5.65. The molecule has 1 aliphatic rings. The second kappa shape index (κ2) is 4.14. The molecule has 1 amide bonds. The Labute approximate surface area is 93.3 Å². The summed E-state index contributed by atoms with van der Waals surface area (Å²) in [7, 11) is -4.40. The summed E-state index contributed by atoms with van der Waals surface area (Å²) in [5.41, 5.74) is 5.15. The fourth-order valence-electron chi connectivity index (χ4n) is 0.984. The summed E-state index contributed by atoms with van der Waals surface area (Å²) < 4.78 is 57.3. The molecule has 1 heterocycles. The molecule has 2 N–H and O–H groups in total. The van der Waals surface area contributed by atoms with Gasteiger partial charge in [-0.15, -0.1) is 0 Å². The Morgan fingerprint density at radius 2 is 2.00 bits per heavy atom. The summed E-state index contributed by atoms with van der Waals surface area (Å²) in [4.78, 5) is 25.1. The Morgan fingerprint density at radius 3 is 2.47 bits per heavy atom. The number of hydrogen-bond acceptors (Lipinski definition) is 6. The van der Waals surface area contributed by atoms with Gasteiger partial charge in [-0.05, 0) is 6.42 Å². The van der Waals surface area contributed by atoms with Gasteiger partial charge in [-0.2, -0.15) is 13.2 Å². The van der Waals surface area contributed by atoms with Crippen molar-refractivity contribution in [3.8, 4) is 0 Å². The number of carbonyl (C=O) groups excluding carboxylic acids is 2. The van der Waals surface area contributed by atoms with Crippen LogP contribution in [0.25, 0.3) is 0 Å². The molecule has 11 heteroatoms. The summed E-state index contributed by atoms with van der Waals surface area (Å²) in [6, 6.07) is -1.32. The van der Waals surface area contributed by atoms with Crippen LogP contribution in [0.3, 0.4) is 0 Å². The Bertz CT molecular complexity index is 445. The van der Waals surface area contributed by atoms with Crippen LogP contribution < -0.4 is 5.73 Å². The van der Waals surface area contributed by atoms with Crippen LogP contribution in [0.1, 0.15) is 6.42 Å². The maximum absolute atomic E-state index is 11.8. The number of hydroxylamine groups is 1. The van der Waals surface area contributed by atoms with E-state index in [0.29, 0.717) is 0 Å². The van der Waals surface area contributed by atoms with Crippen molar-refractivity contribution in [1.29, 1.82) is 0 Å². The van der Waals surface area contributed by atoms with E-state index in [1.54, 1.807) is 0 Å². The molecule has 0 radical (unpaired) electrons. The average Bonchev–Trinajstić information content (AvgIpc) is 2.17. The lowest BCUT2D eigenvalue weighted by molar-refractivity contribution is -0.223. The number of nitrogens with two attached hydrogens (primary N) is 1. The summed E-state index contributed by atoms with van der Waals surface area (Å²) in [5, 5.41) is 0. The molecule has 0 aliphatic carbocycles. The zero-order chi connectivity index (χ0) is 13.4. The zero-order valence-corrected chi connectivity index (χ0v) is 8.92. The minimum Gasteiger partial charge on any atom is -0.320 e. The molecule has 1 saturated heterocycles. The van der Waals surface area contributed by atoms with E-state index in [1.165, 1.54) is 0 Å². The largest absolute Gasteiger partial charge is 0.493 e. The molecule has 1 rings (SSSR count). The van der Waals surface area contributed by atoms with Crippen LogP contribution in [0.5, 0.6) is 0 Å². The molecule has 0 spiro atoms. The first-order valence-electron chi connectivity index (χ1n) is 4.17. The van der Waals surface area contributed by atoms with Gasteiger partial charge < -0.3 is 10.6 Å². The SMILES string of the molecule is NC1CCS(=O)(=O)N(OC(=O)C(F)(F)F)C1=O. The smallest absolute Gasteiger partial charge is 0.320 e. The van der Waals surface area contributed by atoms with Crippen LogP contribution in [0.2, 0.25) is 0 Å². The lowest BCUT2D eigenvalue weighted by Crippen LogP contribution is -2.54. The second-order valence-electron chi connectivity index (χ2n) is 3.15. The lowest BCUT2D eigenvalue weighted by atomic mass is 10.2. The Hall–Kier alpha value is -1.36. The van der Waals surface area contributed by atoms with E-state index in [4.69, 9.17) is 5.73 Å².